The standard InChI is InChI=1S/C22H23N3O3S/c1-4-5-20(27)23-16-9-7-15(8-10-16)19(26)13-29-22-24-18-11-6-14(2)12-17(18)21(28)25(22)3/h6-12H,4-5,13H2,1-3H3,(H,23,27). The summed E-state index contributed by atoms with van der Waals surface area (Å²) >= 11 is 1.24. The van der Waals surface area contributed by atoms with Crippen molar-refractivity contribution < 1.29 is 9.59 Å². The molecular weight excluding hydrogens is 386 g/mol. The molecule has 0 unspecified atom stereocenters. The van der Waals surface area contributed by atoms with Crippen LogP contribution in [0.1, 0.15) is 35.7 Å². The molecule has 0 aliphatic carbocycles. The van der Waals surface area contributed by atoms with Gasteiger partial charge >= 0.3 is 0 Å². The van der Waals surface area contributed by atoms with Gasteiger partial charge in [0.05, 0.1) is 16.7 Å². The van der Waals surface area contributed by atoms with E-state index < -0.39 is 0 Å². The number of thioether (sulfide) groups is 1. The first kappa shape index (κ1) is 20.8. The third-order valence-electron chi connectivity index (χ3n) is 4.49. The number of carbonyl (C=O) groups is 2. The van der Waals surface area contributed by atoms with Crippen LogP contribution in [0, 0.1) is 6.92 Å². The maximum Gasteiger partial charge on any atom is 0.261 e. The number of rotatable bonds is 7. The predicted octanol–water partition coefficient (Wildman–Crippen LogP) is 3.96. The lowest BCUT2D eigenvalue weighted by Crippen LogP contribution is -2.20. The number of aromatic nitrogens is 2. The van der Waals surface area contributed by atoms with E-state index in [0.29, 0.717) is 33.7 Å². The fourth-order valence-electron chi connectivity index (χ4n) is 2.90. The number of ketones is 1. The van der Waals surface area contributed by atoms with E-state index in [4.69, 9.17) is 0 Å². The number of hydrogen-bond acceptors (Lipinski definition) is 5. The van der Waals surface area contributed by atoms with Gasteiger partial charge in [-0.05, 0) is 49.7 Å². The van der Waals surface area contributed by atoms with Gasteiger partial charge in [0.25, 0.3) is 5.56 Å². The van der Waals surface area contributed by atoms with Crippen LogP contribution in [0.3, 0.4) is 0 Å². The summed E-state index contributed by atoms with van der Waals surface area (Å²) in [5.74, 6) is 0.0550. The number of nitrogens with one attached hydrogen (secondary N) is 1. The summed E-state index contributed by atoms with van der Waals surface area (Å²) in [6, 6.07) is 12.4. The summed E-state index contributed by atoms with van der Waals surface area (Å²) < 4.78 is 1.48. The summed E-state index contributed by atoms with van der Waals surface area (Å²) in [4.78, 5) is 41.3. The first-order valence-corrected chi connectivity index (χ1v) is 10.4. The van der Waals surface area contributed by atoms with Crippen LogP contribution in [0.2, 0.25) is 0 Å². The molecule has 2 aromatic carbocycles. The van der Waals surface area contributed by atoms with Crippen molar-refractivity contribution in [1.29, 1.82) is 0 Å². The summed E-state index contributed by atoms with van der Waals surface area (Å²) in [7, 11) is 1.66. The molecule has 1 amide bonds. The average molecular weight is 410 g/mol. The van der Waals surface area contributed by atoms with Crippen molar-refractivity contribution in [3.63, 3.8) is 0 Å². The van der Waals surface area contributed by atoms with E-state index in [-0.39, 0.29) is 23.0 Å². The molecule has 0 bridgehead atoms. The predicted molar refractivity (Wildman–Crippen MR) is 117 cm³/mol. The van der Waals surface area contributed by atoms with Gasteiger partial charge in [0.1, 0.15) is 0 Å². The van der Waals surface area contributed by atoms with Crippen LogP contribution in [0.25, 0.3) is 10.9 Å². The van der Waals surface area contributed by atoms with Crippen molar-refractivity contribution in [2.45, 2.75) is 31.8 Å². The zero-order chi connectivity index (χ0) is 21.0. The fourth-order valence-corrected chi connectivity index (χ4v) is 3.76. The summed E-state index contributed by atoms with van der Waals surface area (Å²) in [6.45, 7) is 3.88. The Balaban J connectivity index is 1.70. The maximum atomic E-state index is 12.6. The fraction of sp³-hybridized carbons (Fsp3) is 0.273. The van der Waals surface area contributed by atoms with Gasteiger partial charge in [-0.25, -0.2) is 4.98 Å². The van der Waals surface area contributed by atoms with Gasteiger partial charge in [-0.2, -0.15) is 0 Å². The lowest BCUT2D eigenvalue weighted by Gasteiger charge is -2.09. The van der Waals surface area contributed by atoms with Crippen LogP contribution in [0.5, 0.6) is 0 Å². The van der Waals surface area contributed by atoms with E-state index in [1.807, 2.05) is 32.0 Å². The quantitative estimate of drug-likeness (QED) is 0.363. The maximum absolute atomic E-state index is 12.6. The number of Topliss-reactive ketones (excluding diaryl/α,β-unsaturated/α-hetero) is 1. The normalized spacial score (nSPS) is 10.9. The first-order chi connectivity index (χ1) is 13.9. The van der Waals surface area contributed by atoms with E-state index in [2.05, 4.69) is 10.3 Å². The Morgan fingerprint density at radius 3 is 2.55 bits per heavy atom. The van der Waals surface area contributed by atoms with E-state index >= 15 is 0 Å². The van der Waals surface area contributed by atoms with Gasteiger partial charge in [-0.1, -0.05) is 30.3 Å². The summed E-state index contributed by atoms with van der Waals surface area (Å²) in [5, 5.41) is 3.87. The molecular formula is C22H23N3O3S. The minimum atomic E-state index is -0.124. The smallest absolute Gasteiger partial charge is 0.261 e. The second-order valence-electron chi connectivity index (χ2n) is 6.87. The molecule has 0 fully saturated rings. The number of nitrogens with zero attached hydrogens (tertiary/aromatic N) is 2. The lowest BCUT2D eigenvalue weighted by molar-refractivity contribution is -0.116. The second kappa shape index (κ2) is 9.05. The number of aryl methyl sites for hydroxylation is 1. The second-order valence-corrected chi connectivity index (χ2v) is 7.81. The molecule has 0 spiro atoms. The molecule has 1 N–H and O–H groups in total. The minimum Gasteiger partial charge on any atom is -0.326 e. The molecule has 0 atom stereocenters. The van der Waals surface area contributed by atoms with Crippen molar-refractivity contribution in [2.75, 3.05) is 11.1 Å². The lowest BCUT2D eigenvalue weighted by atomic mass is 10.1. The number of fused-ring (bicyclic) bond motifs is 1. The molecule has 0 aliphatic rings. The van der Waals surface area contributed by atoms with Crippen molar-refractivity contribution in [3.05, 3.63) is 63.9 Å². The number of hydrogen-bond donors (Lipinski definition) is 1. The molecule has 150 valence electrons. The highest BCUT2D eigenvalue weighted by atomic mass is 32.2. The molecule has 1 heterocycles. The van der Waals surface area contributed by atoms with Crippen LogP contribution in [0.15, 0.2) is 52.4 Å². The third-order valence-corrected chi connectivity index (χ3v) is 5.52. The largest absolute Gasteiger partial charge is 0.326 e. The summed E-state index contributed by atoms with van der Waals surface area (Å²) in [5.41, 5.74) is 2.72. The molecule has 29 heavy (non-hydrogen) atoms. The number of amides is 1. The number of carbonyl (C=O) groups excluding carboxylic acids is 2. The average Bonchev–Trinajstić information content (AvgIpc) is 2.70. The van der Waals surface area contributed by atoms with E-state index in [0.717, 1.165) is 12.0 Å². The minimum absolute atomic E-state index is 0.0411. The van der Waals surface area contributed by atoms with Crippen LogP contribution in [-0.4, -0.2) is 27.0 Å². The van der Waals surface area contributed by atoms with Crippen molar-refractivity contribution in [2.24, 2.45) is 7.05 Å². The van der Waals surface area contributed by atoms with Gasteiger partial charge in [-0.15, -0.1) is 0 Å². The first-order valence-electron chi connectivity index (χ1n) is 9.42. The SMILES string of the molecule is CCCC(=O)Nc1ccc(C(=O)CSc2nc3ccc(C)cc3c(=O)n2C)cc1. The molecule has 0 saturated carbocycles. The molecule has 1 aromatic heterocycles. The van der Waals surface area contributed by atoms with E-state index in [9.17, 15) is 14.4 Å². The molecule has 7 heteroatoms. The van der Waals surface area contributed by atoms with Gasteiger partial charge < -0.3 is 5.32 Å². The van der Waals surface area contributed by atoms with E-state index in [1.165, 1.54) is 16.3 Å². The van der Waals surface area contributed by atoms with Crippen molar-refractivity contribution >= 4 is 40.0 Å². The van der Waals surface area contributed by atoms with Gasteiger partial charge in [-0.3, -0.25) is 19.0 Å². The van der Waals surface area contributed by atoms with Crippen LogP contribution in [-0.2, 0) is 11.8 Å². The molecule has 3 rings (SSSR count). The molecule has 0 aliphatic heterocycles. The highest BCUT2D eigenvalue weighted by Crippen LogP contribution is 2.20. The number of benzene rings is 2. The van der Waals surface area contributed by atoms with Gasteiger partial charge in [0, 0.05) is 24.7 Å². The highest BCUT2D eigenvalue weighted by Gasteiger charge is 2.12. The molecule has 3 aromatic rings. The topological polar surface area (TPSA) is 81.1 Å². The van der Waals surface area contributed by atoms with Crippen LogP contribution >= 0.6 is 11.8 Å². The monoisotopic (exact) mass is 409 g/mol. The third kappa shape index (κ3) is 4.92. The molecule has 0 radical (unpaired) electrons. The van der Waals surface area contributed by atoms with Gasteiger partial charge in [0.2, 0.25) is 5.91 Å². The Morgan fingerprint density at radius 2 is 1.86 bits per heavy atom. The van der Waals surface area contributed by atoms with Crippen LogP contribution in [0.4, 0.5) is 5.69 Å². The highest BCUT2D eigenvalue weighted by molar-refractivity contribution is 7.99. The zero-order valence-electron chi connectivity index (χ0n) is 16.7. The van der Waals surface area contributed by atoms with Crippen molar-refractivity contribution in [3.8, 4) is 0 Å². The van der Waals surface area contributed by atoms with Crippen LogP contribution < -0.4 is 10.9 Å². The van der Waals surface area contributed by atoms with E-state index in [1.54, 1.807) is 31.3 Å². The Kier molecular flexibility index (Phi) is 6.49. The van der Waals surface area contributed by atoms with Gasteiger partial charge in [0.15, 0.2) is 10.9 Å². The molecule has 6 nitrogen and oxygen atoms in total. The molecule has 0 saturated heterocycles. The zero-order valence-corrected chi connectivity index (χ0v) is 17.5. The number of anilines is 1. The Labute approximate surface area is 173 Å². The Morgan fingerprint density at radius 1 is 1.14 bits per heavy atom. The Bertz CT molecular complexity index is 1120. The van der Waals surface area contributed by atoms with Crippen molar-refractivity contribution in [1.82, 2.24) is 9.55 Å². The Hall–Kier alpha value is -2.93. The summed E-state index contributed by atoms with van der Waals surface area (Å²) in [6.07, 6.45) is 1.25.